The number of rotatable bonds is 3. The Labute approximate surface area is 141 Å². The van der Waals surface area contributed by atoms with Crippen LogP contribution >= 0.6 is 0 Å². The molecule has 0 saturated carbocycles. The van der Waals surface area contributed by atoms with Gasteiger partial charge in [0.2, 0.25) is 0 Å². The minimum absolute atomic E-state index is 0.245. The SMILES string of the molecule is COc1cc2c(cc1C(=O)Nc1ccc(C)c(C)c1)OCCCO2. The Balaban J connectivity index is 1.90. The van der Waals surface area contributed by atoms with E-state index in [-0.39, 0.29) is 5.91 Å². The highest BCUT2D eigenvalue weighted by Gasteiger charge is 2.20. The predicted octanol–water partition coefficient (Wildman–Crippen LogP) is 3.73. The van der Waals surface area contributed by atoms with E-state index in [2.05, 4.69) is 5.32 Å². The van der Waals surface area contributed by atoms with Crippen molar-refractivity contribution in [2.24, 2.45) is 0 Å². The van der Waals surface area contributed by atoms with Gasteiger partial charge in [0.25, 0.3) is 5.91 Å². The molecular weight excluding hydrogens is 306 g/mol. The molecule has 2 aromatic rings. The highest BCUT2D eigenvalue weighted by molar-refractivity contribution is 6.06. The molecule has 0 saturated heterocycles. The Morgan fingerprint density at radius 3 is 2.42 bits per heavy atom. The lowest BCUT2D eigenvalue weighted by molar-refractivity contribution is 0.102. The third kappa shape index (κ3) is 3.30. The zero-order valence-corrected chi connectivity index (χ0v) is 14.1. The lowest BCUT2D eigenvalue weighted by Crippen LogP contribution is -2.14. The van der Waals surface area contributed by atoms with Gasteiger partial charge in [-0.25, -0.2) is 0 Å². The smallest absolute Gasteiger partial charge is 0.259 e. The van der Waals surface area contributed by atoms with Gasteiger partial charge < -0.3 is 19.5 Å². The zero-order valence-electron chi connectivity index (χ0n) is 14.1. The van der Waals surface area contributed by atoms with Crippen molar-refractivity contribution in [1.82, 2.24) is 0 Å². The van der Waals surface area contributed by atoms with E-state index in [0.29, 0.717) is 36.0 Å². The van der Waals surface area contributed by atoms with Gasteiger partial charge in [-0.1, -0.05) is 6.07 Å². The summed E-state index contributed by atoms with van der Waals surface area (Å²) in [6, 6.07) is 9.19. The molecule has 5 heteroatoms. The number of aryl methyl sites for hydroxylation is 2. The van der Waals surface area contributed by atoms with Gasteiger partial charge in [-0.3, -0.25) is 4.79 Å². The maximum absolute atomic E-state index is 12.7. The van der Waals surface area contributed by atoms with Gasteiger partial charge in [-0.15, -0.1) is 0 Å². The topological polar surface area (TPSA) is 56.8 Å². The van der Waals surface area contributed by atoms with Crippen LogP contribution in [0.15, 0.2) is 30.3 Å². The molecule has 24 heavy (non-hydrogen) atoms. The second kappa shape index (κ2) is 6.83. The van der Waals surface area contributed by atoms with E-state index in [0.717, 1.165) is 17.7 Å². The molecule has 1 aliphatic rings. The predicted molar refractivity (Wildman–Crippen MR) is 92.5 cm³/mol. The van der Waals surface area contributed by atoms with Gasteiger partial charge in [-0.2, -0.15) is 0 Å². The van der Waals surface area contributed by atoms with Crippen LogP contribution in [0.1, 0.15) is 27.9 Å². The lowest BCUT2D eigenvalue weighted by Gasteiger charge is -2.14. The van der Waals surface area contributed by atoms with Crippen LogP contribution in [0, 0.1) is 13.8 Å². The Hall–Kier alpha value is -2.69. The van der Waals surface area contributed by atoms with Crippen LogP contribution in [0.5, 0.6) is 17.2 Å². The fourth-order valence-electron chi connectivity index (χ4n) is 2.55. The number of fused-ring (bicyclic) bond motifs is 1. The highest BCUT2D eigenvalue weighted by Crippen LogP contribution is 2.36. The molecule has 0 atom stereocenters. The second-order valence-electron chi connectivity index (χ2n) is 5.80. The number of ether oxygens (including phenoxy) is 3. The quantitative estimate of drug-likeness (QED) is 0.933. The van der Waals surface area contributed by atoms with Gasteiger partial charge >= 0.3 is 0 Å². The summed E-state index contributed by atoms with van der Waals surface area (Å²) in [5, 5.41) is 2.91. The van der Waals surface area contributed by atoms with Gasteiger partial charge in [0.1, 0.15) is 5.75 Å². The molecule has 1 aliphatic heterocycles. The first-order valence-corrected chi connectivity index (χ1v) is 7.94. The van der Waals surface area contributed by atoms with Crippen LogP contribution in [0.25, 0.3) is 0 Å². The molecule has 0 aliphatic carbocycles. The number of anilines is 1. The number of amides is 1. The summed E-state index contributed by atoms with van der Waals surface area (Å²) in [6.45, 7) is 5.20. The van der Waals surface area contributed by atoms with Crippen LogP contribution in [0.2, 0.25) is 0 Å². The third-order valence-corrected chi connectivity index (χ3v) is 4.08. The molecule has 2 aromatic carbocycles. The van der Waals surface area contributed by atoms with Crippen molar-refractivity contribution in [2.75, 3.05) is 25.6 Å². The summed E-state index contributed by atoms with van der Waals surface area (Å²) in [6.07, 6.45) is 0.807. The normalized spacial score (nSPS) is 13.1. The molecule has 0 spiro atoms. The van der Waals surface area contributed by atoms with E-state index in [1.165, 1.54) is 12.7 Å². The number of nitrogens with one attached hydrogen (secondary N) is 1. The molecule has 3 rings (SSSR count). The summed E-state index contributed by atoms with van der Waals surface area (Å²) < 4.78 is 16.7. The summed E-state index contributed by atoms with van der Waals surface area (Å²) in [4.78, 5) is 12.7. The molecule has 5 nitrogen and oxygen atoms in total. The largest absolute Gasteiger partial charge is 0.496 e. The molecule has 0 fully saturated rings. The molecule has 1 heterocycles. The van der Waals surface area contributed by atoms with Crippen LogP contribution in [0.3, 0.4) is 0 Å². The third-order valence-electron chi connectivity index (χ3n) is 4.08. The average Bonchev–Trinajstić information content (AvgIpc) is 2.81. The summed E-state index contributed by atoms with van der Waals surface area (Å²) in [5.41, 5.74) is 3.47. The van der Waals surface area contributed by atoms with E-state index >= 15 is 0 Å². The Kier molecular flexibility index (Phi) is 4.60. The van der Waals surface area contributed by atoms with Crippen LogP contribution < -0.4 is 19.5 Å². The summed E-state index contributed by atoms with van der Waals surface area (Å²) in [5.74, 6) is 1.39. The molecule has 126 valence electrons. The molecule has 0 aromatic heterocycles. The average molecular weight is 327 g/mol. The van der Waals surface area contributed by atoms with Crippen LogP contribution in [-0.2, 0) is 0 Å². The fourth-order valence-corrected chi connectivity index (χ4v) is 2.55. The van der Waals surface area contributed by atoms with Gasteiger partial charge in [0, 0.05) is 24.2 Å². The maximum atomic E-state index is 12.7. The summed E-state index contributed by atoms with van der Waals surface area (Å²) in [7, 11) is 1.53. The lowest BCUT2D eigenvalue weighted by atomic mass is 10.1. The molecule has 1 N–H and O–H groups in total. The van der Waals surface area contributed by atoms with Crippen molar-refractivity contribution >= 4 is 11.6 Å². The Morgan fingerprint density at radius 1 is 1.04 bits per heavy atom. The van der Waals surface area contributed by atoms with E-state index in [9.17, 15) is 4.79 Å². The number of benzene rings is 2. The second-order valence-corrected chi connectivity index (χ2v) is 5.80. The maximum Gasteiger partial charge on any atom is 0.259 e. The van der Waals surface area contributed by atoms with Crippen molar-refractivity contribution in [3.05, 3.63) is 47.0 Å². The monoisotopic (exact) mass is 327 g/mol. The minimum Gasteiger partial charge on any atom is -0.496 e. The molecule has 0 bridgehead atoms. The Morgan fingerprint density at radius 2 is 1.75 bits per heavy atom. The van der Waals surface area contributed by atoms with E-state index < -0.39 is 0 Å². The Bertz CT molecular complexity index is 770. The van der Waals surface area contributed by atoms with Gasteiger partial charge in [0.05, 0.1) is 25.9 Å². The van der Waals surface area contributed by atoms with E-state index in [4.69, 9.17) is 14.2 Å². The van der Waals surface area contributed by atoms with Gasteiger partial charge in [0.15, 0.2) is 11.5 Å². The fraction of sp³-hybridized carbons (Fsp3) is 0.316. The van der Waals surface area contributed by atoms with Crippen molar-refractivity contribution in [1.29, 1.82) is 0 Å². The zero-order chi connectivity index (χ0) is 17.1. The molecule has 0 unspecified atom stereocenters. The number of methoxy groups -OCH3 is 1. The van der Waals surface area contributed by atoms with Crippen molar-refractivity contribution in [3.63, 3.8) is 0 Å². The standard InChI is InChI=1S/C19H21NO4/c1-12-5-6-14(9-13(12)2)20-19(21)15-10-17-18(11-16(15)22-3)24-8-4-7-23-17/h5-6,9-11H,4,7-8H2,1-3H3,(H,20,21). The van der Waals surface area contributed by atoms with Crippen LogP contribution in [-0.4, -0.2) is 26.2 Å². The highest BCUT2D eigenvalue weighted by atomic mass is 16.5. The number of hydrogen-bond donors (Lipinski definition) is 1. The van der Waals surface area contributed by atoms with E-state index in [1.54, 1.807) is 12.1 Å². The van der Waals surface area contributed by atoms with Gasteiger partial charge in [-0.05, 0) is 37.1 Å². The summed E-state index contributed by atoms with van der Waals surface area (Å²) >= 11 is 0. The molecule has 0 radical (unpaired) electrons. The molecular formula is C19H21NO4. The van der Waals surface area contributed by atoms with Crippen molar-refractivity contribution in [2.45, 2.75) is 20.3 Å². The number of carbonyl (C=O) groups excluding carboxylic acids is 1. The number of hydrogen-bond acceptors (Lipinski definition) is 4. The first-order chi connectivity index (χ1) is 11.6. The first kappa shape index (κ1) is 16.2. The number of carbonyl (C=O) groups is 1. The van der Waals surface area contributed by atoms with Crippen molar-refractivity contribution in [3.8, 4) is 17.2 Å². The minimum atomic E-state index is -0.245. The van der Waals surface area contributed by atoms with Crippen LogP contribution in [0.4, 0.5) is 5.69 Å². The van der Waals surface area contributed by atoms with E-state index in [1.807, 2.05) is 32.0 Å². The molecule has 1 amide bonds. The van der Waals surface area contributed by atoms with Crippen molar-refractivity contribution < 1.29 is 19.0 Å². The first-order valence-electron chi connectivity index (χ1n) is 7.94.